The minimum absolute atomic E-state index is 0.0103. The number of fused-ring (bicyclic) bond motifs is 1. The number of carbonyl (C=O) groups is 3. The average Bonchev–Trinajstić information content (AvgIpc) is 3.12. The number of Topliss-reactive ketones (excluding diaryl/α,β-unsaturated/α-hetero) is 2. The van der Waals surface area contributed by atoms with Gasteiger partial charge in [-0.25, -0.2) is 0 Å². The van der Waals surface area contributed by atoms with E-state index >= 15 is 0 Å². The van der Waals surface area contributed by atoms with Crippen molar-refractivity contribution in [2.75, 3.05) is 11.5 Å². The van der Waals surface area contributed by atoms with Crippen molar-refractivity contribution in [3.63, 3.8) is 0 Å². The smallest absolute Gasteiger partial charge is 0.300 e. The summed E-state index contributed by atoms with van der Waals surface area (Å²) < 4.78 is 12.1. The van der Waals surface area contributed by atoms with Gasteiger partial charge >= 0.3 is 0 Å². The quantitative estimate of drug-likeness (QED) is 0.341. The summed E-state index contributed by atoms with van der Waals surface area (Å²) in [6.45, 7) is 8.01. The summed E-state index contributed by atoms with van der Waals surface area (Å²) in [7, 11) is 0. The second-order valence-electron chi connectivity index (χ2n) is 9.64. The number of carbonyl (C=O) groups excluding carboxylic acids is 3. The topological polar surface area (TPSA) is 72.9 Å². The number of amides is 1. The lowest BCUT2D eigenvalue weighted by Gasteiger charge is -2.43. The van der Waals surface area contributed by atoms with Crippen LogP contribution in [0.15, 0.2) is 78.4 Å². The molecule has 3 aromatic carbocycles. The third kappa shape index (κ3) is 4.07. The van der Waals surface area contributed by atoms with Gasteiger partial charge in [0.2, 0.25) is 6.29 Å². The summed E-state index contributed by atoms with van der Waals surface area (Å²) in [5, 5.41) is 0. The van der Waals surface area contributed by atoms with Gasteiger partial charge in [-0.3, -0.25) is 19.3 Å². The number of hydrogen-bond donors (Lipinski definition) is 0. The van der Waals surface area contributed by atoms with Gasteiger partial charge in [0.15, 0.2) is 5.78 Å². The highest BCUT2D eigenvalue weighted by Gasteiger charge is 2.64. The van der Waals surface area contributed by atoms with Crippen LogP contribution in [0, 0.1) is 20.8 Å². The van der Waals surface area contributed by atoms with Crippen molar-refractivity contribution in [1.29, 1.82) is 0 Å². The van der Waals surface area contributed by atoms with E-state index in [1.165, 1.54) is 4.90 Å². The van der Waals surface area contributed by atoms with Crippen LogP contribution in [0.4, 0.5) is 5.69 Å². The summed E-state index contributed by atoms with van der Waals surface area (Å²) in [6, 6.07) is 21.9. The zero-order valence-corrected chi connectivity index (χ0v) is 21.4. The first-order valence-corrected chi connectivity index (χ1v) is 12.4. The van der Waals surface area contributed by atoms with Crippen LogP contribution in [-0.2, 0) is 19.1 Å². The van der Waals surface area contributed by atoms with Gasteiger partial charge in [0.1, 0.15) is 11.3 Å². The number of nitrogens with zero attached hydrogens (tertiary/aromatic N) is 1. The Morgan fingerprint density at radius 1 is 0.892 bits per heavy atom. The van der Waals surface area contributed by atoms with Crippen LogP contribution < -0.4 is 4.90 Å². The Morgan fingerprint density at radius 2 is 1.43 bits per heavy atom. The molecular formula is C31H29NO5. The molecule has 0 aromatic heterocycles. The SMILES string of the molecule is CCOC1CC2(C(=O)c3ccc(C)cc3)C(=C(c3ccc(C)cc3)O1)C(=O)C(=O)N2c1ccc(C)cc1. The normalized spacial score (nSPS) is 21.2. The van der Waals surface area contributed by atoms with Crippen LogP contribution in [0.3, 0.4) is 0 Å². The number of rotatable bonds is 6. The molecule has 0 aliphatic carbocycles. The number of ketones is 2. The molecule has 5 rings (SSSR count). The van der Waals surface area contributed by atoms with E-state index in [-0.39, 0.29) is 23.5 Å². The van der Waals surface area contributed by atoms with Crippen molar-refractivity contribution in [3.8, 4) is 0 Å². The van der Waals surface area contributed by atoms with E-state index in [2.05, 4.69) is 0 Å². The molecule has 6 nitrogen and oxygen atoms in total. The molecule has 0 spiro atoms. The van der Waals surface area contributed by atoms with Gasteiger partial charge in [0.25, 0.3) is 11.7 Å². The Kier molecular flexibility index (Phi) is 6.30. The molecule has 0 bridgehead atoms. The van der Waals surface area contributed by atoms with Crippen molar-refractivity contribution in [2.45, 2.75) is 45.9 Å². The first-order valence-electron chi connectivity index (χ1n) is 12.4. The van der Waals surface area contributed by atoms with Gasteiger partial charge < -0.3 is 9.47 Å². The van der Waals surface area contributed by atoms with Crippen LogP contribution in [-0.4, -0.2) is 35.9 Å². The molecular weight excluding hydrogens is 466 g/mol. The first kappa shape index (κ1) is 24.7. The molecule has 37 heavy (non-hydrogen) atoms. The molecule has 0 N–H and O–H groups in total. The maximum atomic E-state index is 14.5. The molecule has 1 fully saturated rings. The Hall–Kier alpha value is -4.03. The van der Waals surface area contributed by atoms with E-state index in [0.717, 1.165) is 16.7 Å². The standard InChI is InChI=1S/C31H29NO5/c1-5-36-25-18-31(29(34)23-14-8-20(3)9-15-23)26(28(37-25)22-12-6-19(2)7-13-22)27(33)30(35)32(31)24-16-10-21(4)11-17-24/h6-17,25H,5,18H2,1-4H3. The molecule has 188 valence electrons. The Bertz CT molecular complexity index is 1400. The van der Waals surface area contributed by atoms with E-state index in [4.69, 9.17) is 9.47 Å². The van der Waals surface area contributed by atoms with Crippen molar-refractivity contribution in [1.82, 2.24) is 0 Å². The maximum absolute atomic E-state index is 14.5. The molecule has 6 heteroatoms. The summed E-state index contributed by atoms with van der Waals surface area (Å²) in [4.78, 5) is 43.4. The number of anilines is 1. The highest BCUT2D eigenvalue weighted by Crippen LogP contribution is 2.50. The minimum atomic E-state index is -1.63. The number of ether oxygens (including phenoxy) is 2. The van der Waals surface area contributed by atoms with Gasteiger partial charge in [-0.2, -0.15) is 0 Å². The second kappa shape index (κ2) is 9.45. The van der Waals surface area contributed by atoms with Gasteiger partial charge in [0.05, 0.1) is 5.57 Å². The van der Waals surface area contributed by atoms with Gasteiger partial charge in [0, 0.05) is 29.8 Å². The number of hydrogen-bond acceptors (Lipinski definition) is 5. The number of benzene rings is 3. The maximum Gasteiger partial charge on any atom is 0.300 e. The lowest BCUT2D eigenvalue weighted by atomic mass is 9.76. The molecule has 2 aliphatic rings. The monoisotopic (exact) mass is 495 g/mol. The van der Waals surface area contributed by atoms with E-state index in [1.807, 2.05) is 76.2 Å². The predicted molar refractivity (Wildman–Crippen MR) is 141 cm³/mol. The van der Waals surface area contributed by atoms with Crippen molar-refractivity contribution in [2.24, 2.45) is 0 Å². The fourth-order valence-electron chi connectivity index (χ4n) is 5.12. The van der Waals surface area contributed by atoms with Crippen LogP contribution in [0.25, 0.3) is 5.76 Å². The first-order chi connectivity index (χ1) is 17.8. The fourth-order valence-corrected chi connectivity index (χ4v) is 5.12. The van der Waals surface area contributed by atoms with Gasteiger partial charge in [-0.1, -0.05) is 77.4 Å². The zero-order valence-electron chi connectivity index (χ0n) is 21.4. The Balaban J connectivity index is 1.83. The predicted octanol–water partition coefficient (Wildman–Crippen LogP) is 5.34. The fraction of sp³-hybridized carbons (Fsp3) is 0.258. The van der Waals surface area contributed by atoms with Gasteiger partial charge in [-0.05, 0) is 39.8 Å². The minimum Gasteiger partial charge on any atom is -0.464 e. The molecule has 2 unspecified atom stereocenters. The van der Waals surface area contributed by atoms with Crippen molar-refractivity contribution >= 4 is 28.9 Å². The third-order valence-corrected chi connectivity index (χ3v) is 7.01. The van der Waals surface area contributed by atoms with Crippen molar-refractivity contribution in [3.05, 3.63) is 106 Å². The van der Waals surface area contributed by atoms with Crippen LogP contribution in [0.5, 0.6) is 0 Å². The summed E-state index contributed by atoms with van der Waals surface area (Å²) in [6.07, 6.45) is -0.852. The molecule has 2 heterocycles. The molecule has 2 atom stereocenters. The number of aryl methyl sites for hydroxylation is 3. The molecule has 3 aromatic rings. The largest absolute Gasteiger partial charge is 0.464 e. The van der Waals surface area contributed by atoms with Crippen LogP contribution in [0.1, 0.15) is 46.0 Å². The molecule has 2 aliphatic heterocycles. The van der Waals surface area contributed by atoms with E-state index < -0.39 is 23.5 Å². The Morgan fingerprint density at radius 3 is 2.00 bits per heavy atom. The summed E-state index contributed by atoms with van der Waals surface area (Å²) in [5.41, 5.74) is 2.94. The van der Waals surface area contributed by atoms with Crippen molar-refractivity contribution < 1.29 is 23.9 Å². The molecule has 1 saturated heterocycles. The summed E-state index contributed by atoms with van der Waals surface area (Å²) in [5.74, 6) is -1.64. The van der Waals surface area contributed by atoms with E-state index in [0.29, 0.717) is 23.4 Å². The van der Waals surface area contributed by atoms with Crippen LogP contribution >= 0.6 is 0 Å². The van der Waals surface area contributed by atoms with Gasteiger partial charge in [-0.15, -0.1) is 0 Å². The Labute approximate surface area is 216 Å². The average molecular weight is 496 g/mol. The zero-order chi connectivity index (χ0) is 26.3. The van der Waals surface area contributed by atoms with E-state index in [9.17, 15) is 14.4 Å². The third-order valence-electron chi connectivity index (χ3n) is 7.01. The molecule has 0 radical (unpaired) electrons. The lowest BCUT2D eigenvalue weighted by molar-refractivity contribution is -0.132. The lowest BCUT2D eigenvalue weighted by Crippen LogP contribution is -2.57. The summed E-state index contributed by atoms with van der Waals surface area (Å²) >= 11 is 0. The molecule has 0 saturated carbocycles. The van der Waals surface area contributed by atoms with E-state index in [1.54, 1.807) is 24.3 Å². The molecule has 1 amide bonds. The highest BCUT2D eigenvalue weighted by molar-refractivity contribution is 6.55. The van der Waals surface area contributed by atoms with Crippen LogP contribution in [0.2, 0.25) is 0 Å². The second-order valence-corrected chi connectivity index (χ2v) is 9.64. The highest BCUT2D eigenvalue weighted by atomic mass is 16.7.